The van der Waals surface area contributed by atoms with Crippen molar-refractivity contribution in [2.75, 3.05) is 5.43 Å². The molecule has 1 aromatic heterocycles. The average molecular weight is 341 g/mol. The van der Waals surface area contributed by atoms with Gasteiger partial charge in [-0.05, 0) is 40.8 Å². The lowest BCUT2D eigenvalue weighted by Crippen LogP contribution is -2.08. The Morgan fingerprint density at radius 2 is 2.06 bits per heavy atom. The first-order valence-electron chi connectivity index (χ1n) is 5.08. The zero-order chi connectivity index (χ0) is 12.1. The second-order valence-corrected chi connectivity index (χ2v) is 4.58. The van der Waals surface area contributed by atoms with E-state index in [9.17, 15) is 0 Å². The number of nitrogens with zero attached hydrogens (tertiary/aromatic N) is 1. The summed E-state index contributed by atoms with van der Waals surface area (Å²) < 4.78 is 6.79. The number of hydrogen-bond donors (Lipinski definition) is 2. The number of benzene rings is 1. The molecule has 0 fully saturated rings. The van der Waals surface area contributed by atoms with Gasteiger partial charge in [0, 0.05) is 11.8 Å². The highest BCUT2D eigenvalue weighted by molar-refractivity contribution is 14.1. The molecule has 0 atom stereocenters. The summed E-state index contributed by atoms with van der Waals surface area (Å²) in [5.41, 5.74) is 3.49. The van der Waals surface area contributed by atoms with Crippen molar-refractivity contribution in [3.63, 3.8) is 0 Å². The highest BCUT2D eigenvalue weighted by Crippen LogP contribution is 2.20. The van der Waals surface area contributed by atoms with Crippen LogP contribution in [0.2, 0.25) is 0 Å². The number of nitrogen functional groups attached to an aromatic ring is 1. The molecule has 3 N–H and O–H groups in total. The summed E-state index contributed by atoms with van der Waals surface area (Å²) in [4.78, 5) is 4.11. The molecule has 1 heterocycles. The minimum Gasteiger partial charge on any atom is -0.488 e. The van der Waals surface area contributed by atoms with Crippen molar-refractivity contribution in [2.24, 2.45) is 5.84 Å². The number of aromatic nitrogens is 1. The standard InChI is InChI=1S/C12H12IN3O/c13-10-3-1-2-4-11(10)17-8-9-5-6-12(16-14)15-7-9/h1-7H,8,14H2,(H,15,16). The molecule has 0 radical (unpaired) electrons. The first kappa shape index (κ1) is 12.1. The van der Waals surface area contributed by atoms with Crippen molar-refractivity contribution in [3.8, 4) is 5.75 Å². The van der Waals surface area contributed by atoms with Gasteiger partial charge in [-0.2, -0.15) is 0 Å². The lowest BCUT2D eigenvalue weighted by molar-refractivity contribution is 0.303. The number of anilines is 1. The monoisotopic (exact) mass is 341 g/mol. The van der Waals surface area contributed by atoms with Crippen LogP contribution < -0.4 is 16.0 Å². The smallest absolute Gasteiger partial charge is 0.139 e. The summed E-state index contributed by atoms with van der Waals surface area (Å²) in [6.07, 6.45) is 1.74. The maximum atomic E-state index is 5.70. The third-order valence-corrected chi connectivity index (χ3v) is 3.09. The Morgan fingerprint density at radius 3 is 2.71 bits per heavy atom. The zero-order valence-electron chi connectivity index (χ0n) is 9.06. The highest BCUT2D eigenvalue weighted by Gasteiger charge is 2.00. The number of hydrogen-bond acceptors (Lipinski definition) is 4. The van der Waals surface area contributed by atoms with Crippen LogP contribution in [0.25, 0.3) is 0 Å². The van der Waals surface area contributed by atoms with E-state index in [0.717, 1.165) is 14.9 Å². The molecule has 4 nitrogen and oxygen atoms in total. The Labute approximate surface area is 113 Å². The third-order valence-electron chi connectivity index (χ3n) is 2.20. The van der Waals surface area contributed by atoms with E-state index in [-0.39, 0.29) is 0 Å². The van der Waals surface area contributed by atoms with Gasteiger partial charge in [0.25, 0.3) is 0 Å². The van der Waals surface area contributed by atoms with Crippen LogP contribution in [0, 0.1) is 3.57 Å². The molecule has 0 aliphatic carbocycles. The SMILES string of the molecule is NNc1ccc(COc2ccccc2I)cn1. The topological polar surface area (TPSA) is 60.2 Å². The number of halogens is 1. The molecular weight excluding hydrogens is 329 g/mol. The summed E-state index contributed by atoms with van der Waals surface area (Å²) in [7, 11) is 0. The van der Waals surface area contributed by atoms with E-state index in [4.69, 9.17) is 10.6 Å². The molecule has 1 aromatic carbocycles. The molecule has 0 aliphatic heterocycles. The quantitative estimate of drug-likeness (QED) is 0.510. The van der Waals surface area contributed by atoms with Gasteiger partial charge in [-0.3, -0.25) is 0 Å². The first-order valence-corrected chi connectivity index (χ1v) is 6.16. The molecule has 5 heteroatoms. The minimum atomic E-state index is 0.498. The number of para-hydroxylation sites is 1. The number of rotatable bonds is 4. The number of hydrazine groups is 1. The van der Waals surface area contributed by atoms with Gasteiger partial charge in [-0.1, -0.05) is 18.2 Å². The summed E-state index contributed by atoms with van der Waals surface area (Å²) in [5.74, 6) is 6.77. The zero-order valence-corrected chi connectivity index (χ0v) is 11.2. The summed E-state index contributed by atoms with van der Waals surface area (Å²) in [5, 5.41) is 0. The molecule has 2 aromatic rings. The van der Waals surface area contributed by atoms with Crippen LogP contribution >= 0.6 is 22.6 Å². The van der Waals surface area contributed by atoms with E-state index in [1.807, 2.05) is 36.4 Å². The van der Waals surface area contributed by atoms with Gasteiger partial charge in [0.2, 0.25) is 0 Å². The van der Waals surface area contributed by atoms with Crippen molar-refractivity contribution < 1.29 is 4.74 Å². The summed E-state index contributed by atoms with van der Waals surface area (Å²) in [6, 6.07) is 11.6. The number of nitrogens with two attached hydrogens (primary N) is 1. The largest absolute Gasteiger partial charge is 0.488 e. The van der Waals surface area contributed by atoms with E-state index in [2.05, 4.69) is 33.0 Å². The van der Waals surface area contributed by atoms with Crippen molar-refractivity contribution in [1.82, 2.24) is 4.98 Å². The van der Waals surface area contributed by atoms with Gasteiger partial charge in [-0.15, -0.1) is 0 Å². The molecule has 0 saturated heterocycles. The van der Waals surface area contributed by atoms with E-state index in [1.54, 1.807) is 6.20 Å². The molecule has 0 aliphatic rings. The maximum Gasteiger partial charge on any atom is 0.139 e. The lowest BCUT2D eigenvalue weighted by Gasteiger charge is -2.08. The van der Waals surface area contributed by atoms with E-state index in [1.165, 1.54) is 0 Å². The Balaban J connectivity index is 2.00. The molecule has 0 amide bonds. The predicted octanol–water partition coefficient (Wildman–Crippen LogP) is 2.55. The Morgan fingerprint density at radius 1 is 1.24 bits per heavy atom. The van der Waals surface area contributed by atoms with E-state index in [0.29, 0.717) is 12.4 Å². The first-order chi connectivity index (χ1) is 8.29. The Kier molecular flexibility index (Phi) is 4.16. The van der Waals surface area contributed by atoms with Gasteiger partial charge >= 0.3 is 0 Å². The summed E-state index contributed by atoms with van der Waals surface area (Å²) in [6.45, 7) is 0.498. The summed E-state index contributed by atoms with van der Waals surface area (Å²) >= 11 is 2.25. The van der Waals surface area contributed by atoms with Crippen molar-refractivity contribution in [1.29, 1.82) is 0 Å². The normalized spacial score (nSPS) is 10.0. The molecule has 0 spiro atoms. The highest BCUT2D eigenvalue weighted by atomic mass is 127. The van der Waals surface area contributed by atoms with Crippen molar-refractivity contribution >= 4 is 28.4 Å². The maximum absolute atomic E-state index is 5.70. The average Bonchev–Trinajstić information content (AvgIpc) is 2.38. The van der Waals surface area contributed by atoms with Crippen molar-refractivity contribution in [2.45, 2.75) is 6.61 Å². The van der Waals surface area contributed by atoms with Crippen LogP contribution in [-0.2, 0) is 6.61 Å². The number of pyridine rings is 1. The Bertz CT molecular complexity index is 487. The fraction of sp³-hybridized carbons (Fsp3) is 0.0833. The van der Waals surface area contributed by atoms with Gasteiger partial charge in [0.15, 0.2) is 0 Å². The van der Waals surface area contributed by atoms with Gasteiger partial charge < -0.3 is 10.2 Å². The molecule has 0 saturated carbocycles. The van der Waals surface area contributed by atoms with Gasteiger partial charge in [0.05, 0.1) is 3.57 Å². The minimum absolute atomic E-state index is 0.498. The molecule has 17 heavy (non-hydrogen) atoms. The second kappa shape index (κ2) is 5.83. The lowest BCUT2D eigenvalue weighted by atomic mass is 10.3. The fourth-order valence-electron chi connectivity index (χ4n) is 1.32. The van der Waals surface area contributed by atoms with E-state index >= 15 is 0 Å². The van der Waals surface area contributed by atoms with Crippen LogP contribution in [-0.4, -0.2) is 4.98 Å². The predicted molar refractivity (Wildman–Crippen MR) is 75.5 cm³/mol. The third kappa shape index (κ3) is 3.31. The van der Waals surface area contributed by atoms with Gasteiger partial charge in [-0.25, -0.2) is 10.8 Å². The Hall–Kier alpha value is -1.34. The second-order valence-electron chi connectivity index (χ2n) is 3.42. The number of ether oxygens (including phenoxy) is 1. The van der Waals surface area contributed by atoms with Crippen molar-refractivity contribution in [3.05, 3.63) is 51.7 Å². The van der Waals surface area contributed by atoms with Gasteiger partial charge in [0.1, 0.15) is 18.2 Å². The fourth-order valence-corrected chi connectivity index (χ4v) is 1.86. The molecule has 0 unspecified atom stereocenters. The molecule has 2 rings (SSSR count). The van der Waals surface area contributed by atoms with Crippen LogP contribution in [0.1, 0.15) is 5.56 Å². The molecule has 88 valence electrons. The number of nitrogens with one attached hydrogen (secondary N) is 1. The molecule has 0 bridgehead atoms. The van der Waals surface area contributed by atoms with E-state index < -0.39 is 0 Å². The van der Waals surface area contributed by atoms with Crippen LogP contribution in [0.3, 0.4) is 0 Å². The van der Waals surface area contributed by atoms with Crippen LogP contribution in [0.15, 0.2) is 42.6 Å². The molecular formula is C12H12IN3O. The van der Waals surface area contributed by atoms with Crippen LogP contribution in [0.5, 0.6) is 5.75 Å². The van der Waals surface area contributed by atoms with Crippen LogP contribution in [0.4, 0.5) is 5.82 Å².